The summed E-state index contributed by atoms with van der Waals surface area (Å²) in [7, 11) is 1.90. The predicted molar refractivity (Wildman–Crippen MR) is 58.9 cm³/mol. The number of hydrogen-bond acceptors (Lipinski definition) is 4. The third-order valence-corrected chi connectivity index (χ3v) is 2.76. The summed E-state index contributed by atoms with van der Waals surface area (Å²) in [5, 5.41) is 10.6. The number of nitrogens with zero attached hydrogens (tertiary/aromatic N) is 4. The highest BCUT2D eigenvalue weighted by molar-refractivity contribution is 7.71. The zero-order valence-corrected chi connectivity index (χ0v) is 9.38. The average molecular weight is 224 g/mol. The topological polar surface area (TPSA) is 77.5 Å². The lowest BCUT2D eigenvalue weighted by Crippen LogP contribution is -2.05. The van der Waals surface area contributed by atoms with Crippen molar-refractivity contribution in [2.24, 2.45) is 7.05 Å². The van der Waals surface area contributed by atoms with E-state index in [1.807, 2.05) is 24.9 Å². The van der Waals surface area contributed by atoms with E-state index in [-0.39, 0.29) is 0 Å². The minimum absolute atomic E-state index is 0.392. The Bertz CT molecular complexity index is 534. The number of nitrogens with one attached hydrogen (secondary N) is 1. The Balaban J connectivity index is 2.38. The molecule has 2 aromatic heterocycles. The maximum atomic E-state index is 5.67. The molecule has 2 aromatic rings. The Morgan fingerprint density at radius 2 is 2.33 bits per heavy atom. The van der Waals surface area contributed by atoms with Gasteiger partial charge in [0.25, 0.3) is 0 Å². The van der Waals surface area contributed by atoms with Gasteiger partial charge < -0.3 is 5.73 Å². The van der Waals surface area contributed by atoms with Gasteiger partial charge in [0.15, 0.2) is 4.77 Å². The van der Waals surface area contributed by atoms with Crippen molar-refractivity contribution in [2.45, 2.75) is 13.5 Å². The summed E-state index contributed by atoms with van der Waals surface area (Å²) in [5.41, 5.74) is 7.85. The van der Waals surface area contributed by atoms with Crippen LogP contribution in [0.4, 0.5) is 5.95 Å². The van der Waals surface area contributed by atoms with Crippen LogP contribution >= 0.6 is 12.2 Å². The van der Waals surface area contributed by atoms with Gasteiger partial charge in [-0.2, -0.15) is 5.10 Å². The van der Waals surface area contributed by atoms with Crippen LogP contribution in [0.25, 0.3) is 0 Å². The van der Waals surface area contributed by atoms with Crippen LogP contribution in [0.5, 0.6) is 0 Å². The molecule has 0 aliphatic carbocycles. The zero-order chi connectivity index (χ0) is 11.0. The fourth-order valence-corrected chi connectivity index (χ4v) is 1.56. The lowest BCUT2D eigenvalue weighted by atomic mass is 10.2. The Hall–Kier alpha value is -1.63. The molecule has 0 saturated carbocycles. The number of H-pyrrole nitrogens is 1. The first kappa shape index (κ1) is 9.91. The Morgan fingerprint density at radius 3 is 2.80 bits per heavy atom. The molecule has 0 unspecified atom stereocenters. The van der Waals surface area contributed by atoms with Crippen molar-refractivity contribution in [3.63, 3.8) is 0 Å². The third kappa shape index (κ3) is 1.65. The molecule has 2 heterocycles. The van der Waals surface area contributed by atoms with Crippen LogP contribution in [0, 0.1) is 11.7 Å². The first-order chi connectivity index (χ1) is 7.09. The van der Waals surface area contributed by atoms with Gasteiger partial charge in [-0.15, -0.1) is 5.10 Å². The van der Waals surface area contributed by atoms with Gasteiger partial charge in [0.05, 0.1) is 12.7 Å². The van der Waals surface area contributed by atoms with Gasteiger partial charge in [-0.25, -0.2) is 5.10 Å². The fourth-order valence-electron chi connectivity index (χ4n) is 1.35. The molecule has 0 fully saturated rings. The molecule has 0 aliphatic heterocycles. The Kier molecular flexibility index (Phi) is 2.31. The maximum Gasteiger partial charge on any atom is 0.220 e. The van der Waals surface area contributed by atoms with E-state index in [9.17, 15) is 0 Å². The molecule has 0 amide bonds. The molecule has 0 atom stereocenters. The molecule has 6 nitrogen and oxygen atoms in total. The largest absolute Gasteiger partial charge is 0.368 e. The van der Waals surface area contributed by atoms with Crippen LogP contribution in [0.2, 0.25) is 0 Å². The second kappa shape index (κ2) is 3.50. The van der Waals surface area contributed by atoms with E-state index in [1.165, 1.54) is 0 Å². The summed E-state index contributed by atoms with van der Waals surface area (Å²) in [5.74, 6) is 0.392. The molecule has 0 saturated heterocycles. The van der Waals surface area contributed by atoms with Crippen molar-refractivity contribution in [1.29, 1.82) is 0 Å². The van der Waals surface area contributed by atoms with E-state index in [2.05, 4.69) is 15.3 Å². The predicted octanol–water partition coefficient (Wildman–Crippen LogP) is 0.613. The summed E-state index contributed by atoms with van der Waals surface area (Å²) in [6.07, 6.45) is 1.81. The quantitative estimate of drug-likeness (QED) is 0.733. The van der Waals surface area contributed by atoms with Gasteiger partial charge >= 0.3 is 0 Å². The monoisotopic (exact) mass is 224 g/mol. The van der Waals surface area contributed by atoms with Crippen LogP contribution in [0.3, 0.4) is 0 Å². The van der Waals surface area contributed by atoms with Gasteiger partial charge in [0.1, 0.15) is 0 Å². The van der Waals surface area contributed by atoms with E-state index in [1.54, 1.807) is 4.57 Å². The highest BCUT2D eigenvalue weighted by Crippen LogP contribution is 2.10. The molecule has 0 spiro atoms. The molecule has 15 heavy (non-hydrogen) atoms. The van der Waals surface area contributed by atoms with Gasteiger partial charge in [-0.3, -0.25) is 9.25 Å². The zero-order valence-electron chi connectivity index (χ0n) is 8.56. The standard InChI is InChI=1S/C8H12N6S/c1-5-6(3-10-13(5)2)4-14-7(9)11-12-8(14)15/h3H,4H2,1-2H3,(H2,9,11)(H,12,15). The van der Waals surface area contributed by atoms with E-state index < -0.39 is 0 Å². The minimum Gasteiger partial charge on any atom is -0.368 e. The van der Waals surface area contributed by atoms with E-state index in [4.69, 9.17) is 18.0 Å². The van der Waals surface area contributed by atoms with Gasteiger partial charge in [-0.05, 0) is 19.1 Å². The SMILES string of the molecule is Cc1c(Cn2c(N)n[nH]c2=S)cnn1C. The fraction of sp³-hybridized carbons (Fsp3) is 0.375. The first-order valence-corrected chi connectivity index (χ1v) is 4.88. The van der Waals surface area contributed by atoms with Crippen molar-refractivity contribution in [1.82, 2.24) is 24.5 Å². The number of nitrogens with two attached hydrogens (primary N) is 1. The number of aromatic amines is 1. The average Bonchev–Trinajstić information content (AvgIpc) is 2.68. The maximum absolute atomic E-state index is 5.67. The number of anilines is 1. The van der Waals surface area contributed by atoms with Crippen molar-refractivity contribution < 1.29 is 0 Å². The minimum atomic E-state index is 0.392. The highest BCUT2D eigenvalue weighted by atomic mass is 32.1. The summed E-state index contributed by atoms with van der Waals surface area (Å²) >= 11 is 5.06. The van der Waals surface area contributed by atoms with Gasteiger partial charge in [0.2, 0.25) is 5.95 Å². The first-order valence-electron chi connectivity index (χ1n) is 4.47. The molecular formula is C8H12N6S. The summed E-state index contributed by atoms with van der Waals surface area (Å²) in [6.45, 7) is 2.60. The molecule has 3 N–H and O–H groups in total. The van der Waals surface area contributed by atoms with Crippen LogP contribution in [0.1, 0.15) is 11.3 Å². The van der Waals surface area contributed by atoms with Crippen LogP contribution in [0.15, 0.2) is 6.20 Å². The molecule has 80 valence electrons. The molecule has 2 rings (SSSR count). The smallest absolute Gasteiger partial charge is 0.220 e. The van der Waals surface area contributed by atoms with E-state index >= 15 is 0 Å². The van der Waals surface area contributed by atoms with Gasteiger partial charge in [0, 0.05) is 18.3 Å². The number of aromatic nitrogens is 5. The van der Waals surface area contributed by atoms with Crippen LogP contribution in [-0.2, 0) is 13.6 Å². The summed E-state index contributed by atoms with van der Waals surface area (Å²) < 4.78 is 4.07. The Labute approximate surface area is 91.7 Å². The second-order valence-electron chi connectivity index (χ2n) is 3.35. The summed E-state index contributed by atoms with van der Waals surface area (Å²) in [4.78, 5) is 0. The molecule has 0 aliphatic rings. The number of hydrogen-bond donors (Lipinski definition) is 2. The van der Waals surface area contributed by atoms with E-state index in [0.717, 1.165) is 11.3 Å². The number of rotatable bonds is 2. The lowest BCUT2D eigenvalue weighted by molar-refractivity contribution is 0.731. The molecule has 0 radical (unpaired) electrons. The van der Waals surface area contributed by atoms with E-state index in [0.29, 0.717) is 17.3 Å². The third-order valence-electron chi connectivity index (χ3n) is 2.45. The second-order valence-corrected chi connectivity index (χ2v) is 3.74. The molecule has 7 heteroatoms. The molecule has 0 bridgehead atoms. The molecular weight excluding hydrogens is 212 g/mol. The van der Waals surface area contributed by atoms with Crippen molar-refractivity contribution in [3.05, 3.63) is 22.2 Å². The summed E-state index contributed by atoms with van der Waals surface area (Å²) in [6, 6.07) is 0. The number of nitrogen functional groups attached to an aromatic ring is 1. The normalized spacial score (nSPS) is 10.8. The van der Waals surface area contributed by atoms with Crippen LogP contribution < -0.4 is 5.73 Å². The molecule has 0 aromatic carbocycles. The number of aryl methyl sites for hydroxylation is 1. The van der Waals surface area contributed by atoms with Gasteiger partial charge in [-0.1, -0.05) is 0 Å². The Morgan fingerprint density at radius 1 is 1.60 bits per heavy atom. The van der Waals surface area contributed by atoms with Crippen molar-refractivity contribution >= 4 is 18.2 Å². The van der Waals surface area contributed by atoms with Crippen molar-refractivity contribution in [2.75, 3.05) is 5.73 Å². The van der Waals surface area contributed by atoms with Crippen molar-refractivity contribution in [3.8, 4) is 0 Å². The highest BCUT2D eigenvalue weighted by Gasteiger charge is 2.07. The van der Waals surface area contributed by atoms with Crippen LogP contribution in [-0.4, -0.2) is 24.5 Å². The lowest BCUT2D eigenvalue weighted by Gasteiger charge is -2.02.